The van der Waals surface area contributed by atoms with Crippen molar-refractivity contribution in [3.63, 3.8) is 0 Å². The van der Waals surface area contributed by atoms with Crippen molar-refractivity contribution in [3.05, 3.63) is 0 Å². The number of rotatable bonds is 7. The Bertz CT molecular complexity index is 595. The summed E-state index contributed by atoms with van der Waals surface area (Å²) in [5, 5.41) is 0. The van der Waals surface area contributed by atoms with Gasteiger partial charge in [0.25, 0.3) is 0 Å². The van der Waals surface area contributed by atoms with Crippen LogP contribution in [0, 0.1) is 47.3 Å². The van der Waals surface area contributed by atoms with Gasteiger partial charge in [0, 0.05) is 0 Å². The Balaban J connectivity index is 1.16. The lowest BCUT2D eigenvalue weighted by Gasteiger charge is -2.44. The fourth-order valence-corrected chi connectivity index (χ4v) is 8.45. The van der Waals surface area contributed by atoms with E-state index in [0.29, 0.717) is 17.8 Å². The molecule has 4 saturated carbocycles. The van der Waals surface area contributed by atoms with E-state index >= 15 is 8.78 Å². The van der Waals surface area contributed by atoms with E-state index in [1.807, 2.05) is 6.92 Å². The van der Waals surface area contributed by atoms with Gasteiger partial charge in [-0.15, -0.1) is 0 Å². The second kappa shape index (κ2) is 12.3. The maximum absolute atomic E-state index is 15.3. The Morgan fingerprint density at radius 2 is 1.03 bits per heavy atom. The first-order valence-electron chi connectivity index (χ1n) is 14.9. The third-order valence-electron chi connectivity index (χ3n) is 10.9. The van der Waals surface area contributed by atoms with Crippen LogP contribution in [0.15, 0.2) is 0 Å². The summed E-state index contributed by atoms with van der Waals surface area (Å²) >= 11 is 0. The Hall–Kier alpha value is -0.280. The van der Waals surface area contributed by atoms with E-state index in [9.17, 15) is 8.78 Å². The third kappa shape index (κ3) is 6.16. The average Bonchev–Trinajstić information content (AvgIpc) is 2.85. The third-order valence-corrected chi connectivity index (χ3v) is 10.9. The molecule has 0 aromatic rings. The molecule has 4 heteroatoms. The van der Waals surface area contributed by atoms with Crippen molar-refractivity contribution < 1.29 is 17.6 Å². The molecule has 0 radical (unpaired) electrons. The van der Waals surface area contributed by atoms with Crippen molar-refractivity contribution in [2.24, 2.45) is 47.3 Å². The summed E-state index contributed by atoms with van der Waals surface area (Å²) in [5.41, 5.74) is 0. The van der Waals surface area contributed by atoms with Crippen LogP contribution in [0.1, 0.15) is 117 Å². The van der Waals surface area contributed by atoms with Crippen LogP contribution in [0.25, 0.3) is 0 Å². The van der Waals surface area contributed by atoms with Gasteiger partial charge in [0.1, 0.15) is 24.7 Å². The minimum Gasteiger partial charge on any atom is -0.244 e. The van der Waals surface area contributed by atoms with Gasteiger partial charge in [-0.3, -0.25) is 0 Å². The topological polar surface area (TPSA) is 0 Å². The first kappa shape index (κ1) is 26.8. The number of hydrogen-bond donors (Lipinski definition) is 0. The van der Waals surface area contributed by atoms with E-state index < -0.39 is 24.7 Å². The minimum absolute atomic E-state index is 0.0502. The largest absolute Gasteiger partial charge is 0.244 e. The lowest BCUT2D eigenvalue weighted by Crippen LogP contribution is -2.45. The second-order valence-corrected chi connectivity index (χ2v) is 12.9. The summed E-state index contributed by atoms with van der Waals surface area (Å²) in [7, 11) is 0. The minimum atomic E-state index is -1.28. The van der Waals surface area contributed by atoms with Crippen LogP contribution in [-0.2, 0) is 0 Å². The highest BCUT2D eigenvalue weighted by Gasteiger charge is 2.46. The first-order chi connectivity index (χ1) is 16.4. The lowest BCUT2D eigenvalue weighted by atomic mass is 9.63. The molecule has 0 amide bonds. The smallest absolute Gasteiger partial charge is 0.134 e. The van der Waals surface area contributed by atoms with Crippen LogP contribution in [0.2, 0.25) is 0 Å². The van der Waals surface area contributed by atoms with Gasteiger partial charge in [0.15, 0.2) is 0 Å². The van der Waals surface area contributed by atoms with E-state index in [-0.39, 0.29) is 23.7 Å². The van der Waals surface area contributed by atoms with Crippen molar-refractivity contribution in [2.75, 3.05) is 0 Å². The highest BCUT2D eigenvalue weighted by molar-refractivity contribution is 4.95. The lowest BCUT2D eigenvalue weighted by molar-refractivity contribution is -0.0366. The molecule has 0 aromatic carbocycles. The molecule has 198 valence electrons. The maximum Gasteiger partial charge on any atom is 0.134 e. The molecule has 4 fully saturated rings. The van der Waals surface area contributed by atoms with Crippen LogP contribution in [-0.4, -0.2) is 24.7 Å². The maximum atomic E-state index is 15.3. The number of hydrogen-bond acceptors (Lipinski definition) is 0. The molecule has 0 heterocycles. The summed E-state index contributed by atoms with van der Waals surface area (Å²) in [5.74, 6) is 1.78. The van der Waals surface area contributed by atoms with Crippen molar-refractivity contribution in [1.29, 1.82) is 0 Å². The normalized spacial score (nSPS) is 48.5. The Kier molecular flexibility index (Phi) is 9.69. The Morgan fingerprint density at radius 3 is 1.59 bits per heavy atom. The van der Waals surface area contributed by atoms with Crippen molar-refractivity contribution >= 4 is 0 Å². The predicted octanol–water partition coefficient (Wildman–Crippen LogP) is 9.60. The van der Waals surface area contributed by atoms with Crippen LogP contribution in [0.5, 0.6) is 0 Å². The van der Waals surface area contributed by atoms with Crippen LogP contribution >= 0.6 is 0 Å². The monoisotopic (exact) mass is 486 g/mol. The Labute approximate surface area is 206 Å². The van der Waals surface area contributed by atoms with E-state index in [1.165, 1.54) is 12.8 Å². The zero-order valence-electron chi connectivity index (χ0n) is 21.8. The average molecular weight is 487 g/mol. The van der Waals surface area contributed by atoms with Gasteiger partial charge in [0.05, 0.1) is 0 Å². The fraction of sp³-hybridized carbons (Fsp3) is 1.00. The summed E-state index contributed by atoms with van der Waals surface area (Å²) < 4.78 is 59.3. The number of halogens is 4. The molecule has 0 saturated heterocycles. The molecule has 4 aliphatic rings. The molecule has 0 aliphatic heterocycles. The second-order valence-electron chi connectivity index (χ2n) is 12.9. The molecule has 8 atom stereocenters. The standard InChI is InChI=1S/C30H50F4/c1-3-21-15-16-24(28(32)27(21)31)6-4-5-20-9-13-23(14-10-20)26-18-17-25(29(33)30(26)34)22-11-7-19(2)8-12-22/h19-30H,3-18H2,1-2H3/t19?,20?,21?,22?,23?,24?,25?,26?,27?,28?,29?,30-/m0/s1. The van der Waals surface area contributed by atoms with Crippen molar-refractivity contribution in [2.45, 2.75) is 141 Å². The molecule has 0 aromatic heterocycles. The molecule has 7 unspecified atom stereocenters. The predicted molar refractivity (Wildman–Crippen MR) is 133 cm³/mol. The van der Waals surface area contributed by atoms with Gasteiger partial charge in [-0.05, 0) is 105 Å². The fourth-order valence-electron chi connectivity index (χ4n) is 8.45. The Morgan fingerprint density at radius 1 is 0.529 bits per heavy atom. The SMILES string of the molecule is CCC1CCC(CCCC2CCC(C3CCC(C4CCC(C)CC4)C(F)[C@H]3F)CC2)C(F)C1F. The molecule has 4 rings (SSSR count). The van der Waals surface area contributed by atoms with Crippen LogP contribution in [0.4, 0.5) is 17.6 Å². The first-order valence-corrected chi connectivity index (χ1v) is 14.9. The van der Waals surface area contributed by atoms with Crippen LogP contribution < -0.4 is 0 Å². The van der Waals surface area contributed by atoms with E-state index in [2.05, 4.69) is 6.92 Å². The van der Waals surface area contributed by atoms with Gasteiger partial charge in [0.2, 0.25) is 0 Å². The van der Waals surface area contributed by atoms with Gasteiger partial charge in [-0.25, -0.2) is 17.6 Å². The summed E-state index contributed by atoms with van der Waals surface area (Å²) in [6.07, 6.45) is 10.7. The van der Waals surface area contributed by atoms with Crippen molar-refractivity contribution in [3.8, 4) is 0 Å². The highest BCUT2D eigenvalue weighted by atomic mass is 19.2. The van der Waals surface area contributed by atoms with Crippen LogP contribution in [0.3, 0.4) is 0 Å². The quantitative estimate of drug-likeness (QED) is 0.314. The zero-order chi connectivity index (χ0) is 24.2. The van der Waals surface area contributed by atoms with Crippen molar-refractivity contribution in [1.82, 2.24) is 0 Å². The van der Waals surface area contributed by atoms with Gasteiger partial charge >= 0.3 is 0 Å². The molecule has 0 bridgehead atoms. The summed E-state index contributed by atoms with van der Waals surface area (Å²) in [6.45, 7) is 4.24. The zero-order valence-corrected chi connectivity index (χ0v) is 21.8. The number of alkyl halides is 4. The van der Waals surface area contributed by atoms with E-state index in [0.717, 1.165) is 95.8 Å². The molecule has 4 aliphatic carbocycles. The molecule has 0 nitrogen and oxygen atoms in total. The summed E-state index contributed by atoms with van der Waals surface area (Å²) in [6, 6.07) is 0. The summed E-state index contributed by atoms with van der Waals surface area (Å²) in [4.78, 5) is 0. The molecule has 34 heavy (non-hydrogen) atoms. The van der Waals surface area contributed by atoms with Gasteiger partial charge < -0.3 is 0 Å². The van der Waals surface area contributed by atoms with Gasteiger partial charge in [-0.2, -0.15) is 0 Å². The van der Waals surface area contributed by atoms with Gasteiger partial charge in [-0.1, -0.05) is 58.8 Å². The van der Waals surface area contributed by atoms with E-state index in [4.69, 9.17) is 0 Å². The highest BCUT2D eigenvalue weighted by Crippen LogP contribution is 2.48. The molecular formula is C30H50F4. The molecular weight excluding hydrogens is 436 g/mol. The van der Waals surface area contributed by atoms with E-state index in [1.54, 1.807) is 0 Å². The molecule has 0 N–H and O–H groups in total. The molecule has 0 spiro atoms.